The number of pyridine rings is 1. The number of likely N-dealkylation sites (N-methyl/N-ethyl adjacent to an activating group) is 1. The molecule has 32 heavy (non-hydrogen) atoms. The molecular weight excluding hydrogens is 418 g/mol. The first kappa shape index (κ1) is 26.3. The number of amides is 2. The largest absolute Gasteiger partial charge is 0.481 e. The third-order valence-electron chi connectivity index (χ3n) is 4.20. The van der Waals surface area contributed by atoms with Gasteiger partial charge in [0.15, 0.2) is 5.96 Å². The molecule has 9 N–H and O–H groups in total. The fourth-order valence-corrected chi connectivity index (χ4v) is 2.63. The molecule has 1 aromatic rings. The van der Waals surface area contributed by atoms with Crippen molar-refractivity contribution in [2.24, 2.45) is 27.2 Å². The van der Waals surface area contributed by atoms with E-state index in [0.717, 1.165) is 6.92 Å². The first-order chi connectivity index (χ1) is 15.1. The van der Waals surface area contributed by atoms with Crippen LogP contribution >= 0.6 is 0 Å². The first-order valence-corrected chi connectivity index (χ1v) is 9.89. The van der Waals surface area contributed by atoms with Gasteiger partial charge in [-0.2, -0.15) is 0 Å². The highest BCUT2D eigenvalue weighted by atomic mass is 16.4. The Morgan fingerprint density at radius 3 is 2.66 bits per heavy atom. The van der Waals surface area contributed by atoms with E-state index in [1.807, 2.05) is 6.07 Å². The molecule has 1 aromatic heterocycles. The molecule has 0 radical (unpaired) electrons. The SMILES string of the molecule is CC(=O)O.CN(C(=O)C[C@@H](N)CCCN=C(N)N)C1CN=C(Nc2ccccn2)NC1=O. The number of guanidine groups is 2. The second kappa shape index (κ2) is 13.5. The molecule has 0 bridgehead atoms. The van der Waals surface area contributed by atoms with Crippen LogP contribution in [0.2, 0.25) is 0 Å². The number of anilines is 1. The molecule has 0 aliphatic carbocycles. The van der Waals surface area contributed by atoms with Gasteiger partial charge in [0.05, 0.1) is 6.54 Å². The number of carbonyl (C=O) groups is 3. The highest BCUT2D eigenvalue weighted by molar-refractivity contribution is 6.07. The Morgan fingerprint density at radius 1 is 1.41 bits per heavy atom. The molecule has 1 unspecified atom stereocenters. The molecular formula is C19H31N9O4. The number of carboxylic acid groups (broad SMARTS) is 1. The Kier molecular flexibility index (Phi) is 11.1. The number of aromatic nitrogens is 1. The van der Waals surface area contributed by atoms with E-state index < -0.39 is 12.0 Å². The number of carboxylic acids is 1. The van der Waals surface area contributed by atoms with Crippen LogP contribution in [-0.2, 0) is 14.4 Å². The van der Waals surface area contributed by atoms with Gasteiger partial charge < -0.3 is 32.5 Å². The fraction of sp³-hybridized carbons (Fsp3) is 0.474. The fourth-order valence-electron chi connectivity index (χ4n) is 2.63. The summed E-state index contributed by atoms with van der Waals surface area (Å²) in [4.78, 5) is 47.5. The minimum Gasteiger partial charge on any atom is -0.481 e. The van der Waals surface area contributed by atoms with Crippen LogP contribution in [0.15, 0.2) is 34.4 Å². The normalized spacial score (nSPS) is 15.8. The average molecular weight is 450 g/mol. The van der Waals surface area contributed by atoms with Gasteiger partial charge in [0, 0.05) is 39.2 Å². The van der Waals surface area contributed by atoms with Crippen LogP contribution in [0.3, 0.4) is 0 Å². The van der Waals surface area contributed by atoms with Gasteiger partial charge in [-0.15, -0.1) is 0 Å². The number of hydrogen-bond acceptors (Lipinski definition) is 8. The summed E-state index contributed by atoms with van der Waals surface area (Å²) in [6, 6.07) is 4.34. The van der Waals surface area contributed by atoms with E-state index in [4.69, 9.17) is 27.1 Å². The molecule has 1 aliphatic heterocycles. The standard InChI is InChI=1S/C17H27N9O2.C2H4O2/c1-26(14(27)9-11(18)5-4-8-22-16(19)20)12-10-23-17(25-15(12)28)24-13-6-2-3-7-21-13;1-2(3)4/h2-3,6-7,11-12H,4-5,8-10,18H2,1H3,(H4,19,20,22)(H2,21,23,24,25,28);1H3,(H,3,4)/t11-,12?;/m0./s1. The average Bonchev–Trinajstić information content (AvgIpc) is 2.71. The lowest BCUT2D eigenvalue weighted by Crippen LogP contribution is -2.55. The lowest BCUT2D eigenvalue weighted by molar-refractivity contribution is -0.138. The second-order valence-corrected chi connectivity index (χ2v) is 6.97. The zero-order chi connectivity index (χ0) is 24.1. The van der Waals surface area contributed by atoms with Gasteiger partial charge >= 0.3 is 0 Å². The molecule has 2 rings (SSSR count). The van der Waals surface area contributed by atoms with Crippen LogP contribution in [0.25, 0.3) is 0 Å². The number of aliphatic carboxylic acids is 1. The van der Waals surface area contributed by atoms with Crippen molar-refractivity contribution in [2.75, 3.05) is 25.5 Å². The van der Waals surface area contributed by atoms with Gasteiger partial charge in [0.2, 0.25) is 11.9 Å². The summed E-state index contributed by atoms with van der Waals surface area (Å²) in [5.74, 6) is -0.463. The summed E-state index contributed by atoms with van der Waals surface area (Å²) in [7, 11) is 1.57. The quantitative estimate of drug-likeness (QED) is 0.157. The van der Waals surface area contributed by atoms with Crippen LogP contribution < -0.4 is 27.8 Å². The highest BCUT2D eigenvalue weighted by Crippen LogP contribution is 2.09. The highest BCUT2D eigenvalue weighted by Gasteiger charge is 2.31. The monoisotopic (exact) mass is 449 g/mol. The summed E-state index contributed by atoms with van der Waals surface area (Å²) in [6.45, 7) is 1.70. The molecule has 0 aromatic carbocycles. The van der Waals surface area contributed by atoms with Gasteiger partial charge in [0.25, 0.3) is 11.9 Å². The lowest BCUT2D eigenvalue weighted by Gasteiger charge is -2.30. The van der Waals surface area contributed by atoms with E-state index in [2.05, 4.69) is 25.6 Å². The van der Waals surface area contributed by atoms with Crippen molar-refractivity contribution in [3.8, 4) is 0 Å². The number of nitrogens with one attached hydrogen (secondary N) is 2. The molecule has 0 saturated carbocycles. The van der Waals surface area contributed by atoms with Gasteiger partial charge in [0.1, 0.15) is 11.9 Å². The summed E-state index contributed by atoms with van der Waals surface area (Å²) in [5, 5.41) is 13.0. The number of carbonyl (C=O) groups excluding carboxylic acids is 2. The van der Waals surface area contributed by atoms with Crippen molar-refractivity contribution in [3.05, 3.63) is 24.4 Å². The van der Waals surface area contributed by atoms with Crippen molar-refractivity contribution in [1.82, 2.24) is 15.2 Å². The predicted molar refractivity (Wildman–Crippen MR) is 121 cm³/mol. The molecule has 2 heterocycles. The molecule has 13 nitrogen and oxygen atoms in total. The number of nitrogens with zero attached hydrogens (tertiary/aromatic N) is 4. The molecule has 2 atom stereocenters. The van der Waals surface area contributed by atoms with E-state index in [1.165, 1.54) is 4.90 Å². The number of aliphatic imine (C=N–C) groups is 2. The minimum atomic E-state index is -0.833. The maximum absolute atomic E-state index is 12.4. The third-order valence-corrected chi connectivity index (χ3v) is 4.20. The summed E-state index contributed by atoms with van der Waals surface area (Å²) >= 11 is 0. The Hall–Kier alpha value is -3.74. The van der Waals surface area contributed by atoms with E-state index in [9.17, 15) is 9.59 Å². The molecule has 0 spiro atoms. The van der Waals surface area contributed by atoms with E-state index in [-0.39, 0.29) is 36.8 Å². The van der Waals surface area contributed by atoms with Crippen LogP contribution in [0.5, 0.6) is 0 Å². The topological polar surface area (TPSA) is 214 Å². The molecule has 1 aliphatic rings. The van der Waals surface area contributed by atoms with Crippen LogP contribution in [-0.4, -0.2) is 76.9 Å². The van der Waals surface area contributed by atoms with Gasteiger partial charge in [-0.05, 0) is 25.0 Å². The van der Waals surface area contributed by atoms with Crippen molar-refractivity contribution in [2.45, 2.75) is 38.3 Å². The van der Waals surface area contributed by atoms with E-state index in [1.54, 1.807) is 25.4 Å². The number of rotatable bonds is 8. The smallest absolute Gasteiger partial charge is 0.300 e. The minimum absolute atomic E-state index is 0.0325. The van der Waals surface area contributed by atoms with E-state index >= 15 is 0 Å². The first-order valence-electron chi connectivity index (χ1n) is 9.89. The third kappa shape index (κ3) is 10.3. The molecule has 13 heteroatoms. The Morgan fingerprint density at radius 2 is 2.09 bits per heavy atom. The molecule has 0 fully saturated rings. The molecule has 2 amide bonds. The second-order valence-electron chi connectivity index (χ2n) is 6.97. The van der Waals surface area contributed by atoms with Crippen molar-refractivity contribution in [3.63, 3.8) is 0 Å². The van der Waals surface area contributed by atoms with Gasteiger partial charge in [-0.25, -0.2) is 9.98 Å². The zero-order valence-electron chi connectivity index (χ0n) is 18.2. The maximum atomic E-state index is 12.4. The van der Waals surface area contributed by atoms with Gasteiger partial charge in [-0.3, -0.25) is 24.7 Å². The number of nitrogens with two attached hydrogens (primary N) is 3. The Labute approximate surface area is 186 Å². The Bertz CT molecular complexity index is 821. The summed E-state index contributed by atoms with van der Waals surface area (Å²) in [5.41, 5.74) is 16.5. The lowest BCUT2D eigenvalue weighted by atomic mass is 10.1. The van der Waals surface area contributed by atoms with Crippen molar-refractivity contribution >= 4 is 35.5 Å². The predicted octanol–water partition coefficient (Wildman–Crippen LogP) is -1.33. The Balaban J connectivity index is 0.00000118. The van der Waals surface area contributed by atoms with E-state index in [0.29, 0.717) is 31.2 Å². The molecule has 0 saturated heterocycles. The number of hydrogen-bond donors (Lipinski definition) is 6. The van der Waals surface area contributed by atoms with Gasteiger partial charge in [-0.1, -0.05) is 6.07 Å². The maximum Gasteiger partial charge on any atom is 0.300 e. The van der Waals surface area contributed by atoms with Crippen LogP contribution in [0.4, 0.5) is 5.82 Å². The zero-order valence-corrected chi connectivity index (χ0v) is 18.2. The van der Waals surface area contributed by atoms with Crippen molar-refractivity contribution in [1.29, 1.82) is 0 Å². The summed E-state index contributed by atoms with van der Waals surface area (Å²) < 4.78 is 0. The molecule has 176 valence electrons. The van der Waals surface area contributed by atoms with Crippen molar-refractivity contribution < 1.29 is 19.5 Å². The summed E-state index contributed by atoms with van der Waals surface area (Å²) in [6.07, 6.45) is 3.03. The van der Waals surface area contributed by atoms with Crippen LogP contribution in [0, 0.1) is 0 Å². The van der Waals surface area contributed by atoms with Crippen LogP contribution in [0.1, 0.15) is 26.2 Å².